The number of hydrogen-bond donors (Lipinski definition) is 0. The summed E-state index contributed by atoms with van der Waals surface area (Å²) in [5.41, 5.74) is 2.09. The molecule has 3 rings (SSSR count). The lowest BCUT2D eigenvalue weighted by Crippen LogP contribution is -2.50. The number of piperazine rings is 1. The third kappa shape index (κ3) is 4.14. The first kappa shape index (κ1) is 20.2. The van der Waals surface area contributed by atoms with E-state index in [-0.39, 0.29) is 17.1 Å². The number of carbonyl (C=O) groups excluding carboxylic acids is 2. The monoisotopic (exact) mass is 386 g/mol. The topological polar surface area (TPSA) is 58.4 Å². The molecule has 0 bridgehead atoms. The molecule has 1 aromatic carbocycles. The summed E-state index contributed by atoms with van der Waals surface area (Å²) in [6.07, 6.45) is 0.876. The highest BCUT2D eigenvalue weighted by molar-refractivity contribution is 5.92. The number of rotatable bonds is 4. The zero-order chi connectivity index (χ0) is 20.5. The molecule has 1 amide bonds. The van der Waals surface area contributed by atoms with E-state index in [9.17, 15) is 14.0 Å². The van der Waals surface area contributed by atoms with Crippen molar-refractivity contribution in [3.63, 3.8) is 0 Å². The Labute approximate surface area is 164 Å². The number of benzene rings is 1. The molecule has 1 fully saturated rings. The van der Waals surface area contributed by atoms with Crippen molar-refractivity contribution in [2.75, 3.05) is 26.2 Å². The molecule has 0 aliphatic carbocycles. The van der Waals surface area contributed by atoms with Gasteiger partial charge in [0, 0.05) is 38.6 Å². The molecule has 1 saturated heterocycles. The molecule has 7 heteroatoms. The number of hydrogen-bond acceptors (Lipinski definition) is 4. The number of carbonyl (C=O) groups is 2. The van der Waals surface area contributed by atoms with Crippen molar-refractivity contribution in [3.05, 3.63) is 53.1 Å². The van der Waals surface area contributed by atoms with Crippen molar-refractivity contribution in [1.82, 2.24) is 19.6 Å². The van der Waals surface area contributed by atoms with E-state index in [0.717, 1.165) is 17.5 Å². The average molecular weight is 386 g/mol. The van der Waals surface area contributed by atoms with Crippen LogP contribution in [-0.4, -0.2) is 58.0 Å². The number of aryl methyl sites for hydroxylation is 1. The fourth-order valence-electron chi connectivity index (χ4n) is 3.43. The Balaban J connectivity index is 1.68. The molecule has 28 heavy (non-hydrogen) atoms. The largest absolute Gasteiger partial charge is 0.335 e. The molecule has 0 saturated carbocycles. The van der Waals surface area contributed by atoms with E-state index in [1.54, 1.807) is 28.8 Å². The molecule has 0 spiro atoms. The minimum absolute atomic E-state index is 0.0467. The molecule has 2 aromatic rings. The van der Waals surface area contributed by atoms with Crippen LogP contribution in [0.15, 0.2) is 30.3 Å². The third-order valence-electron chi connectivity index (χ3n) is 5.20. The molecule has 6 nitrogen and oxygen atoms in total. The molecule has 1 aromatic heterocycles. The van der Waals surface area contributed by atoms with Crippen LogP contribution in [-0.2, 0) is 17.3 Å². The van der Waals surface area contributed by atoms with Crippen LogP contribution in [0.4, 0.5) is 4.39 Å². The van der Waals surface area contributed by atoms with Crippen LogP contribution in [0.1, 0.15) is 48.6 Å². The second-order valence-corrected chi connectivity index (χ2v) is 8.25. The van der Waals surface area contributed by atoms with Gasteiger partial charge in [0.25, 0.3) is 5.91 Å². The van der Waals surface area contributed by atoms with Crippen molar-refractivity contribution >= 4 is 12.2 Å². The Kier molecular flexibility index (Phi) is 5.65. The van der Waals surface area contributed by atoms with E-state index in [4.69, 9.17) is 0 Å². The van der Waals surface area contributed by atoms with E-state index in [0.29, 0.717) is 31.9 Å². The van der Waals surface area contributed by atoms with Gasteiger partial charge in [-0.05, 0) is 23.8 Å². The van der Waals surface area contributed by atoms with Crippen LogP contribution in [0.5, 0.6) is 0 Å². The first-order valence-corrected chi connectivity index (χ1v) is 9.49. The Morgan fingerprint density at radius 2 is 1.75 bits per heavy atom. The summed E-state index contributed by atoms with van der Waals surface area (Å²) in [4.78, 5) is 28.4. The summed E-state index contributed by atoms with van der Waals surface area (Å²) in [6.45, 7) is 8.42. The van der Waals surface area contributed by atoms with Crippen molar-refractivity contribution in [1.29, 1.82) is 0 Å². The predicted molar refractivity (Wildman–Crippen MR) is 105 cm³/mol. The van der Waals surface area contributed by atoms with Gasteiger partial charge in [-0.2, -0.15) is 5.10 Å². The number of nitrogens with zero attached hydrogens (tertiary/aromatic N) is 4. The fourth-order valence-corrected chi connectivity index (χ4v) is 3.43. The number of halogens is 1. The van der Waals surface area contributed by atoms with E-state index >= 15 is 0 Å². The second-order valence-electron chi connectivity index (χ2n) is 8.25. The highest BCUT2D eigenvalue weighted by Crippen LogP contribution is 2.24. The maximum atomic E-state index is 13.2. The summed E-state index contributed by atoms with van der Waals surface area (Å²) < 4.78 is 14.8. The second kappa shape index (κ2) is 7.83. The van der Waals surface area contributed by atoms with Gasteiger partial charge in [-0.15, -0.1) is 0 Å². The normalized spacial score (nSPS) is 16.8. The minimum atomic E-state index is -0.429. The minimum Gasteiger partial charge on any atom is -0.335 e. The van der Waals surface area contributed by atoms with Crippen molar-refractivity contribution in [2.24, 2.45) is 7.05 Å². The summed E-state index contributed by atoms with van der Waals surface area (Å²) in [7, 11) is 1.79. The molecule has 1 unspecified atom stereocenters. The fraction of sp³-hybridized carbons (Fsp3) is 0.476. The molecule has 150 valence electrons. The SMILES string of the molecule is Cn1nc(C(C)(C)C)cc1C(=O)N1CCN(C(C=O)c2ccc(F)cc2)CC1. The van der Waals surface area contributed by atoms with Gasteiger partial charge in [-0.1, -0.05) is 32.9 Å². The van der Waals surface area contributed by atoms with Crippen molar-refractivity contribution in [2.45, 2.75) is 32.2 Å². The lowest BCUT2D eigenvalue weighted by atomic mass is 9.92. The smallest absolute Gasteiger partial charge is 0.272 e. The highest BCUT2D eigenvalue weighted by Gasteiger charge is 2.29. The molecule has 0 N–H and O–H groups in total. The average Bonchev–Trinajstić information content (AvgIpc) is 3.06. The van der Waals surface area contributed by atoms with Crippen molar-refractivity contribution in [3.8, 4) is 0 Å². The first-order valence-electron chi connectivity index (χ1n) is 9.49. The van der Waals surface area contributed by atoms with Crippen LogP contribution < -0.4 is 0 Å². The maximum Gasteiger partial charge on any atom is 0.272 e. The van der Waals surface area contributed by atoms with E-state index in [1.165, 1.54) is 12.1 Å². The lowest BCUT2D eigenvalue weighted by molar-refractivity contribution is -0.113. The number of aromatic nitrogens is 2. The zero-order valence-corrected chi connectivity index (χ0v) is 16.9. The Morgan fingerprint density at radius 1 is 1.14 bits per heavy atom. The van der Waals surface area contributed by atoms with E-state index in [2.05, 4.69) is 25.9 Å². The maximum absolute atomic E-state index is 13.2. The van der Waals surface area contributed by atoms with Gasteiger partial charge in [-0.3, -0.25) is 14.4 Å². The Bertz CT molecular complexity index is 846. The first-order chi connectivity index (χ1) is 13.2. The molecular weight excluding hydrogens is 359 g/mol. The lowest BCUT2D eigenvalue weighted by Gasteiger charge is -2.37. The van der Waals surface area contributed by atoms with Gasteiger partial charge < -0.3 is 9.69 Å². The summed E-state index contributed by atoms with van der Waals surface area (Å²) in [5.74, 6) is -0.371. The third-order valence-corrected chi connectivity index (χ3v) is 5.20. The van der Waals surface area contributed by atoms with Gasteiger partial charge in [0.1, 0.15) is 17.8 Å². The van der Waals surface area contributed by atoms with Crippen LogP contribution >= 0.6 is 0 Å². The standard InChI is InChI=1S/C21H27FN4O2/c1-21(2,3)19-13-17(24(4)23-19)20(28)26-11-9-25(10-12-26)18(14-27)15-5-7-16(22)8-6-15/h5-8,13-14,18H,9-12H2,1-4H3. The molecular formula is C21H27FN4O2. The van der Waals surface area contributed by atoms with Gasteiger partial charge in [0.05, 0.1) is 11.7 Å². The molecule has 1 atom stereocenters. The molecule has 1 aliphatic rings. The van der Waals surface area contributed by atoms with Crippen LogP contribution in [0.3, 0.4) is 0 Å². The van der Waals surface area contributed by atoms with Gasteiger partial charge in [-0.25, -0.2) is 4.39 Å². The van der Waals surface area contributed by atoms with Crippen LogP contribution in [0, 0.1) is 5.82 Å². The van der Waals surface area contributed by atoms with Crippen molar-refractivity contribution < 1.29 is 14.0 Å². The van der Waals surface area contributed by atoms with E-state index in [1.807, 2.05) is 11.0 Å². The Morgan fingerprint density at radius 3 is 2.25 bits per heavy atom. The predicted octanol–water partition coefficient (Wildman–Crippen LogP) is 2.55. The summed E-state index contributed by atoms with van der Waals surface area (Å²) in [6, 6.07) is 7.43. The molecule has 2 heterocycles. The summed E-state index contributed by atoms with van der Waals surface area (Å²) >= 11 is 0. The zero-order valence-electron chi connectivity index (χ0n) is 16.9. The van der Waals surface area contributed by atoms with Gasteiger partial charge in [0.15, 0.2) is 0 Å². The van der Waals surface area contributed by atoms with Crippen LogP contribution in [0.2, 0.25) is 0 Å². The Hall–Kier alpha value is -2.54. The number of aldehydes is 1. The molecule has 0 radical (unpaired) electrons. The quantitative estimate of drug-likeness (QED) is 0.758. The van der Waals surface area contributed by atoms with Gasteiger partial charge >= 0.3 is 0 Å². The van der Waals surface area contributed by atoms with Crippen LogP contribution in [0.25, 0.3) is 0 Å². The summed E-state index contributed by atoms with van der Waals surface area (Å²) in [5, 5.41) is 4.48. The van der Waals surface area contributed by atoms with E-state index < -0.39 is 6.04 Å². The molecule has 1 aliphatic heterocycles. The highest BCUT2D eigenvalue weighted by atomic mass is 19.1. The van der Waals surface area contributed by atoms with Gasteiger partial charge in [0.2, 0.25) is 0 Å². The number of amides is 1.